The Balaban J connectivity index is 1.61. The minimum atomic E-state index is -0.356. The van der Waals surface area contributed by atoms with Crippen molar-refractivity contribution < 1.29 is 9.90 Å². The van der Waals surface area contributed by atoms with E-state index in [0.29, 0.717) is 30.8 Å². The maximum atomic E-state index is 12.7. The first-order valence-electron chi connectivity index (χ1n) is 9.93. The predicted molar refractivity (Wildman–Crippen MR) is 106 cm³/mol. The number of anilines is 1. The van der Waals surface area contributed by atoms with E-state index in [4.69, 9.17) is 11.6 Å². The number of carbonyl (C=O) groups excluding carboxylic acids is 1. The molecule has 2 heterocycles. The third kappa shape index (κ3) is 3.58. The second-order valence-electron chi connectivity index (χ2n) is 8.09. The van der Waals surface area contributed by atoms with E-state index in [0.717, 1.165) is 24.9 Å². The van der Waals surface area contributed by atoms with Gasteiger partial charge in [-0.15, -0.1) is 0 Å². The van der Waals surface area contributed by atoms with E-state index in [1.165, 1.54) is 0 Å². The number of hydrazine groups is 1. The van der Waals surface area contributed by atoms with Gasteiger partial charge in [0.05, 0.1) is 24.5 Å². The van der Waals surface area contributed by atoms with Crippen LogP contribution in [0.5, 0.6) is 0 Å². The molecule has 3 unspecified atom stereocenters. The van der Waals surface area contributed by atoms with E-state index < -0.39 is 0 Å². The van der Waals surface area contributed by atoms with Gasteiger partial charge in [-0.05, 0) is 56.4 Å². The normalized spacial score (nSPS) is 35.7. The van der Waals surface area contributed by atoms with E-state index >= 15 is 0 Å². The topological polar surface area (TPSA) is 100 Å². The third-order valence-corrected chi connectivity index (χ3v) is 6.65. The lowest BCUT2D eigenvalue weighted by Crippen LogP contribution is -2.60. The van der Waals surface area contributed by atoms with Gasteiger partial charge in [0.2, 0.25) is 5.91 Å². The van der Waals surface area contributed by atoms with Crippen LogP contribution >= 0.6 is 11.6 Å². The van der Waals surface area contributed by atoms with Crippen LogP contribution in [-0.2, 0) is 4.79 Å². The average Bonchev–Trinajstić information content (AvgIpc) is 3.06. The van der Waals surface area contributed by atoms with Gasteiger partial charge in [-0.3, -0.25) is 4.79 Å². The number of halogens is 1. The van der Waals surface area contributed by atoms with Crippen molar-refractivity contribution in [2.75, 3.05) is 11.9 Å². The lowest BCUT2D eigenvalue weighted by molar-refractivity contribution is -0.128. The van der Waals surface area contributed by atoms with Crippen LogP contribution in [0.25, 0.3) is 0 Å². The molecule has 7 nitrogen and oxygen atoms in total. The summed E-state index contributed by atoms with van der Waals surface area (Å²) in [7, 11) is 0. The Hall–Kier alpha value is -1.85. The maximum absolute atomic E-state index is 12.7. The maximum Gasteiger partial charge on any atom is 0.228 e. The fourth-order valence-electron chi connectivity index (χ4n) is 4.93. The van der Waals surface area contributed by atoms with Gasteiger partial charge in [0.15, 0.2) is 0 Å². The number of nitriles is 1. The Kier molecular flexibility index (Phi) is 5.48. The van der Waals surface area contributed by atoms with Gasteiger partial charge in [-0.1, -0.05) is 11.6 Å². The molecule has 3 atom stereocenters. The Bertz CT molecular complexity index is 757. The molecule has 1 amide bonds. The second-order valence-corrected chi connectivity index (χ2v) is 8.53. The molecule has 2 saturated heterocycles. The summed E-state index contributed by atoms with van der Waals surface area (Å²) < 4.78 is 0. The van der Waals surface area contributed by atoms with Gasteiger partial charge in [0.1, 0.15) is 6.17 Å². The monoisotopic (exact) mass is 403 g/mol. The largest absolute Gasteiger partial charge is 0.393 e. The number of hydrogen-bond donors (Lipinski definition) is 4. The van der Waals surface area contributed by atoms with E-state index in [-0.39, 0.29) is 35.7 Å². The van der Waals surface area contributed by atoms with Crippen molar-refractivity contribution >= 4 is 23.2 Å². The minimum Gasteiger partial charge on any atom is -0.393 e. The molecule has 0 bridgehead atoms. The first-order chi connectivity index (χ1) is 13.5. The molecule has 8 heteroatoms. The summed E-state index contributed by atoms with van der Waals surface area (Å²) >= 11 is 5.98. The number of aliphatic hydroxyl groups is 1. The molecule has 0 aromatic heterocycles. The van der Waals surface area contributed by atoms with Crippen LogP contribution < -0.4 is 16.1 Å². The SMILES string of the molecule is N#CCC1(N2NC(Nc3ccc(Cl)cc3)C3C(=O)NCCC32)CCC(O)CC1. The van der Waals surface area contributed by atoms with E-state index in [1.54, 1.807) is 0 Å². The molecule has 2 aliphatic heterocycles. The molecule has 4 rings (SSSR count). The Morgan fingerprint density at radius 1 is 1.29 bits per heavy atom. The lowest BCUT2D eigenvalue weighted by atomic mass is 9.76. The summed E-state index contributed by atoms with van der Waals surface area (Å²) in [6.45, 7) is 0.636. The van der Waals surface area contributed by atoms with Gasteiger partial charge >= 0.3 is 0 Å². The van der Waals surface area contributed by atoms with Crippen LogP contribution in [0.15, 0.2) is 24.3 Å². The molecule has 0 spiro atoms. The van der Waals surface area contributed by atoms with Gasteiger partial charge in [-0.2, -0.15) is 5.26 Å². The van der Waals surface area contributed by atoms with Crippen molar-refractivity contribution in [3.63, 3.8) is 0 Å². The number of aliphatic hydroxyl groups excluding tert-OH is 1. The Morgan fingerprint density at radius 3 is 2.68 bits per heavy atom. The molecule has 3 aliphatic rings. The average molecular weight is 404 g/mol. The zero-order chi connectivity index (χ0) is 19.7. The number of nitrogens with one attached hydrogen (secondary N) is 3. The summed E-state index contributed by atoms with van der Waals surface area (Å²) in [5.41, 5.74) is 4.06. The van der Waals surface area contributed by atoms with E-state index in [2.05, 4.69) is 27.1 Å². The van der Waals surface area contributed by atoms with Crippen molar-refractivity contribution in [3.8, 4) is 6.07 Å². The fourth-order valence-corrected chi connectivity index (χ4v) is 5.06. The zero-order valence-corrected chi connectivity index (χ0v) is 16.5. The number of fused-ring (bicyclic) bond motifs is 1. The molecular weight excluding hydrogens is 378 g/mol. The summed E-state index contributed by atoms with van der Waals surface area (Å²) in [6, 6.07) is 9.78. The molecule has 1 aromatic carbocycles. The summed E-state index contributed by atoms with van der Waals surface area (Å²) in [4.78, 5) is 12.7. The summed E-state index contributed by atoms with van der Waals surface area (Å²) in [5, 5.41) is 28.8. The summed E-state index contributed by atoms with van der Waals surface area (Å²) in [6.07, 6.45) is 3.48. The van der Waals surface area contributed by atoms with Gasteiger partial charge < -0.3 is 15.7 Å². The Labute approximate surface area is 170 Å². The molecule has 0 radical (unpaired) electrons. The molecular formula is C20H26ClN5O2. The van der Waals surface area contributed by atoms with Crippen molar-refractivity contribution in [1.29, 1.82) is 5.26 Å². The Morgan fingerprint density at radius 2 is 2.00 bits per heavy atom. The molecule has 4 N–H and O–H groups in total. The molecule has 150 valence electrons. The first kappa shape index (κ1) is 19.5. The zero-order valence-electron chi connectivity index (χ0n) is 15.7. The number of hydrogen-bond acceptors (Lipinski definition) is 6. The van der Waals surface area contributed by atoms with E-state index in [1.807, 2.05) is 24.3 Å². The highest BCUT2D eigenvalue weighted by Gasteiger charge is 2.54. The highest BCUT2D eigenvalue weighted by Crippen LogP contribution is 2.42. The summed E-state index contributed by atoms with van der Waals surface area (Å²) in [5.74, 6) is -0.229. The van der Waals surface area contributed by atoms with Crippen LogP contribution in [-0.4, -0.2) is 46.4 Å². The van der Waals surface area contributed by atoms with Crippen LogP contribution in [0.1, 0.15) is 38.5 Å². The highest BCUT2D eigenvalue weighted by atomic mass is 35.5. The number of amides is 1. The lowest BCUT2D eigenvalue weighted by Gasteiger charge is -2.47. The number of piperidine rings is 1. The molecule has 1 saturated carbocycles. The van der Waals surface area contributed by atoms with Gasteiger partial charge in [0.25, 0.3) is 0 Å². The number of benzene rings is 1. The van der Waals surface area contributed by atoms with Gasteiger partial charge in [0, 0.05) is 28.8 Å². The van der Waals surface area contributed by atoms with Crippen LogP contribution in [0.4, 0.5) is 5.69 Å². The molecule has 28 heavy (non-hydrogen) atoms. The first-order valence-corrected chi connectivity index (χ1v) is 10.3. The molecule has 1 aliphatic carbocycles. The number of carbonyl (C=O) groups is 1. The standard InChI is InChI=1S/C20H26ClN5O2/c21-13-1-3-14(4-2-13)24-18-17-16(7-12-23-19(17)28)26(25-18)20(10-11-22)8-5-15(27)6-9-20/h1-4,15-18,24-25,27H,5-10,12H2,(H,23,28). The predicted octanol–water partition coefficient (Wildman–Crippen LogP) is 1.99. The van der Waals surface area contributed by atoms with Crippen LogP contribution in [0.3, 0.4) is 0 Å². The quantitative estimate of drug-likeness (QED) is 0.613. The number of nitrogens with zero attached hydrogens (tertiary/aromatic N) is 2. The third-order valence-electron chi connectivity index (χ3n) is 6.40. The van der Waals surface area contributed by atoms with Crippen molar-refractivity contribution in [2.45, 2.75) is 62.4 Å². The van der Waals surface area contributed by atoms with E-state index in [9.17, 15) is 15.2 Å². The van der Waals surface area contributed by atoms with Crippen molar-refractivity contribution in [1.82, 2.24) is 15.8 Å². The van der Waals surface area contributed by atoms with Crippen molar-refractivity contribution in [2.24, 2.45) is 5.92 Å². The smallest absolute Gasteiger partial charge is 0.228 e. The van der Waals surface area contributed by atoms with Crippen LogP contribution in [0.2, 0.25) is 5.02 Å². The van der Waals surface area contributed by atoms with Crippen LogP contribution in [0, 0.1) is 17.2 Å². The van der Waals surface area contributed by atoms with Gasteiger partial charge in [-0.25, -0.2) is 10.4 Å². The highest BCUT2D eigenvalue weighted by molar-refractivity contribution is 6.30. The molecule has 1 aromatic rings. The number of rotatable bonds is 4. The second kappa shape index (κ2) is 7.88. The van der Waals surface area contributed by atoms with Crippen molar-refractivity contribution in [3.05, 3.63) is 29.3 Å². The fraction of sp³-hybridized carbons (Fsp3) is 0.600. The minimum absolute atomic E-state index is 0.0159. The molecule has 3 fully saturated rings.